The van der Waals surface area contributed by atoms with Crippen molar-refractivity contribution < 1.29 is 5.11 Å². The number of rotatable bonds is 6. The Hall–Kier alpha value is -0.970. The van der Waals surface area contributed by atoms with E-state index in [4.69, 9.17) is 21.7 Å². The van der Waals surface area contributed by atoms with Crippen molar-refractivity contribution in [1.29, 1.82) is 0 Å². The number of hydrogen-bond acceptors (Lipinski definition) is 3. The fourth-order valence-corrected chi connectivity index (χ4v) is 3.59. The summed E-state index contributed by atoms with van der Waals surface area (Å²) in [6.45, 7) is 4.50. The molecule has 0 fully saturated rings. The van der Waals surface area contributed by atoms with Crippen LogP contribution >= 0.6 is 23.4 Å². The van der Waals surface area contributed by atoms with Gasteiger partial charge in [0.15, 0.2) is 0 Å². The minimum atomic E-state index is 0.195. The molecule has 0 saturated heterocycles. The first-order valence-electron chi connectivity index (χ1n) is 7.12. The maximum absolute atomic E-state index is 9.01. The molecule has 1 aromatic heterocycles. The molecule has 0 bridgehead atoms. The largest absolute Gasteiger partial charge is 0.396 e. The summed E-state index contributed by atoms with van der Waals surface area (Å²) in [7, 11) is 2.04. The summed E-state index contributed by atoms with van der Waals surface area (Å²) >= 11 is 7.75. The average Bonchev–Trinajstić information content (AvgIpc) is 2.74. The lowest BCUT2D eigenvalue weighted by Crippen LogP contribution is -2.00. The number of aliphatic hydroxyl groups is 1. The third-order valence-electron chi connectivity index (χ3n) is 3.28. The fraction of sp³-hybridized carbons (Fsp3) is 0.438. The Balaban J connectivity index is 2.34. The highest BCUT2D eigenvalue weighted by atomic mass is 35.5. The zero-order chi connectivity index (χ0) is 15.4. The summed E-state index contributed by atoms with van der Waals surface area (Å²) in [5.41, 5.74) is 1.11. The molecule has 0 aliphatic heterocycles. The van der Waals surface area contributed by atoms with Crippen molar-refractivity contribution in [2.45, 2.75) is 42.5 Å². The highest BCUT2D eigenvalue weighted by Crippen LogP contribution is 2.35. The quantitative estimate of drug-likeness (QED) is 0.862. The number of benzene rings is 1. The Kier molecular flexibility index (Phi) is 5.73. The SMILES string of the molecule is CC(C)c1nc(CCCO)n(C)c1Sc1cccc(Cl)c1. The van der Waals surface area contributed by atoms with Crippen LogP contribution in [0.3, 0.4) is 0 Å². The molecule has 0 amide bonds. The molecule has 0 aliphatic rings. The van der Waals surface area contributed by atoms with Gasteiger partial charge >= 0.3 is 0 Å². The van der Waals surface area contributed by atoms with Crippen LogP contribution in [0.5, 0.6) is 0 Å². The number of imidazole rings is 1. The van der Waals surface area contributed by atoms with Crippen LogP contribution < -0.4 is 0 Å². The second-order valence-electron chi connectivity index (χ2n) is 5.32. The van der Waals surface area contributed by atoms with E-state index in [1.807, 2.05) is 25.2 Å². The molecule has 2 aromatic rings. The summed E-state index contributed by atoms with van der Waals surface area (Å²) in [5, 5.41) is 10.9. The molecule has 1 heterocycles. The number of aromatic nitrogens is 2. The van der Waals surface area contributed by atoms with Crippen molar-refractivity contribution in [2.24, 2.45) is 7.05 Å². The summed E-state index contributed by atoms with van der Waals surface area (Å²) in [5.74, 6) is 1.39. The van der Waals surface area contributed by atoms with E-state index in [0.29, 0.717) is 5.92 Å². The van der Waals surface area contributed by atoms with Crippen molar-refractivity contribution in [2.75, 3.05) is 6.61 Å². The lowest BCUT2D eigenvalue weighted by atomic mass is 10.1. The van der Waals surface area contributed by atoms with Gasteiger partial charge in [0.2, 0.25) is 0 Å². The van der Waals surface area contributed by atoms with Crippen LogP contribution in [0.25, 0.3) is 0 Å². The van der Waals surface area contributed by atoms with Crippen molar-refractivity contribution in [3.05, 3.63) is 40.8 Å². The Morgan fingerprint density at radius 3 is 2.76 bits per heavy atom. The summed E-state index contributed by atoms with van der Waals surface area (Å²) in [6, 6.07) is 7.87. The predicted molar refractivity (Wildman–Crippen MR) is 88.3 cm³/mol. The Bertz CT molecular complexity index is 610. The van der Waals surface area contributed by atoms with E-state index in [0.717, 1.165) is 39.3 Å². The standard InChI is InChI=1S/C16H21ClN2OS/c1-11(2)15-16(19(3)14(18-15)8-5-9-20)21-13-7-4-6-12(17)10-13/h4,6-7,10-11,20H,5,8-9H2,1-3H3. The van der Waals surface area contributed by atoms with Gasteiger partial charge in [0, 0.05) is 30.0 Å². The topological polar surface area (TPSA) is 38.1 Å². The number of aryl methyl sites for hydroxylation is 1. The molecule has 3 nitrogen and oxygen atoms in total. The molecule has 114 valence electrons. The van der Waals surface area contributed by atoms with Crippen LogP contribution in [0.4, 0.5) is 0 Å². The van der Waals surface area contributed by atoms with Crippen molar-refractivity contribution in [3.63, 3.8) is 0 Å². The van der Waals surface area contributed by atoms with E-state index >= 15 is 0 Å². The average molecular weight is 325 g/mol. The lowest BCUT2D eigenvalue weighted by molar-refractivity contribution is 0.287. The zero-order valence-corrected chi connectivity index (χ0v) is 14.2. The van der Waals surface area contributed by atoms with Gasteiger partial charge in [-0.1, -0.05) is 43.3 Å². The number of nitrogens with zero attached hydrogens (tertiary/aromatic N) is 2. The fourth-order valence-electron chi connectivity index (χ4n) is 2.15. The number of halogens is 1. The van der Waals surface area contributed by atoms with E-state index < -0.39 is 0 Å². The molecule has 1 N–H and O–H groups in total. The van der Waals surface area contributed by atoms with E-state index in [9.17, 15) is 0 Å². The molecule has 0 atom stereocenters. The Morgan fingerprint density at radius 1 is 1.38 bits per heavy atom. The maximum atomic E-state index is 9.01. The maximum Gasteiger partial charge on any atom is 0.109 e. The summed E-state index contributed by atoms with van der Waals surface area (Å²) < 4.78 is 2.14. The summed E-state index contributed by atoms with van der Waals surface area (Å²) in [4.78, 5) is 5.88. The molecule has 0 radical (unpaired) electrons. The smallest absolute Gasteiger partial charge is 0.109 e. The van der Waals surface area contributed by atoms with Gasteiger partial charge in [-0.15, -0.1) is 0 Å². The van der Waals surface area contributed by atoms with Gasteiger partial charge in [-0.25, -0.2) is 4.98 Å². The van der Waals surface area contributed by atoms with Gasteiger partial charge in [-0.05, 0) is 30.5 Å². The first kappa shape index (κ1) is 16.4. The lowest BCUT2D eigenvalue weighted by Gasteiger charge is -2.09. The Labute approximate surface area is 135 Å². The summed E-state index contributed by atoms with van der Waals surface area (Å²) in [6.07, 6.45) is 1.53. The van der Waals surface area contributed by atoms with Crippen molar-refractivity contribution in [3.8, 4) is 0 Å². The Morgan fingerprint density at radius 2 is 2.14 bits per heavy atom. The minimum Gasteiger partial charge on any atom is -0.396 e. The second-order valence-corrected chi connectivity index (χ2v) is 6.82. The highest BCUT2D eigenvalue weighted by Gasteiger charge is 2.18. The van der Waals surface area contributed by atoms with E-state index in [1.165, 1.54) is 0 Å². The van der Waals surface area contributed by atoms with Crippen LogP contribution in [0, 0.1) is 0 Å². The van der Waals surface area contributed by atoms with Gasteiger partial charge in [0.25, 0.3) is 0 Å². The monoisotopic (exact) mass is 324 g/mol. The molecule has 5 heteroatoms. The van der Waals surface area contributed by atoms with Crippen LogP contribution in [0.1, 0.15) is 37.7 Å². The van der Waals surface area contributed by atoms with Gasteiger partial charge in [0.05, 0.1) is 5.69 Å². The normalized spacial score (nSPS) is 11.3. The first-order valence-corrected chi connectivity index (χ1v) is 8.32. The van der Waals surface area contributed by atoms with Gasteiger partial charge in [-0.3, -0.25) is 0 Å². The van der Waals surface area contributed by atoms with Crippen LogP contribution in [-0.4, -0.2) is 21.3 Å². The number of hydrogen-bond donors (Lipinski definition) is 1. The van der Waals surface area contributed by atoms with Gasteiger partial charge in [0.1, 0.15) is 10.9 Å². The van der Waals surface area contributed by atoms with Gasteiger partial charge in [-0.2, -0.15) is 0 Å². The molecule has 2 rings (SSSR count). The highest BCUT2D eigenvalue weighted by molar-refractivity contribution is 7.99. The van der Waals surface area contributed by atoms with Crippen molar-refractivity contribution in [1.82, 2.24) is 9.55 Å². The van der Waals surface area contributed by atoms with E-state index in [-0.39, 0.29) is 6.61 Å². The molecule has 1 aromatic carbocycles. The minimum absolute atomic E-state index is 0.195. The number of aliphatic hydroxyl groups excluding tert-OH is 1. The van der Waals surface area contributed by atoms with Crippen LogP contribution in [0.2, 0.25) is 5.02 Å². The molecule has 0 spiro atoms. The second kappa shape index (κ2) is 7.34. The van der Waals surface area contributed by atoms with E-state index in [1.54, 1.807) is 11.8 Å². The van der Waals surface area contributed by atoms with Gasteiger partial charge < -0.3 is 9.67 Å². The molecule has 0 aliphatic carbocycles. The zero-order valence-electron chi connectivity index (χ0n) is 12.6. The molecular formula is C16H21ClN2OS. The third-order valence-corrected chi connectivity index (χ3v) is 4.68. The van der Waals surface area contributed by atoms with E-state index in [2.05, 4.69) is 24.5 Å². The predicted octanol–water partition coefficient (Wildman–Crippen LogP) is 4.27. The third kappa shape index (κ3) is 4.02. The van der Waals surface area contributed by atoms with Crippen LogP contribution in [-0.2, 0) is 13.5 Å². The first-order chi connectivity index (χ1) is 10.0. The molecule has 21 heavy (non-hydrogen) atoms. The molecule has 0 saturated carbocycles. The molecular weight excluding hydrogens is 304 g/mol. The van der Waals surface area contributed by atoms with Crippen LogP contribution in [0.15, 0.2) is 34.2 Å². The molecule has 0 unspecified atom stereocenters. The van der Waals surface area contributed by atoms with Crippen molar-refractivity contribution >= 4 is 23.4 Å².